The Kier molecular flexibility index (Phi) is 3.25. The van der Waals surface area contributed by atoms with Crippen LogP contribution in [0.2, 0.25) is 0 Å². The predicted molar refractivity (Wildman–Crippen MR) is 87.7 cm³/mol. The van der Waals surface area contributed by atoms with E-state index in [4.69, 9.17) is 4.52 Å². The molecule has 1 atom stereocenters. The smallest absolute Gasteiger partial charge is 0.259 e. The van der Waals surface area contributed by atoms with Gasteiger partial charge < -0.3 is 9.84 Å². The molecule has 0 radical (unpaired) electrons. The Balaban J connectivity index is 1.72. The lowest BCUT2D eigenvalue weighted by atomic mass is 10.00. The molecule has 1 aliphatic carbocycles. The molecule has 3 heterocycles. The molecule has 2 fully saturated rings. The van der Waals surface area contributed by atoms with Gasteiger partial charge in [0.05, 0.1) is 33.7 Å². The lowest BCUT2D eigenvalue weighted by Gasteiger charge is -2.24. The van der Waals surface area contributed by atoms with E-state index in [9.17, 15) is 13.2 Å². The number of carbonyl (C=O) groups is 1. The molecule has 0 spiro atoms. The molecule has 8 heteroatoms. The van der Waals surface area contributed by atoms with Crippen LogP contribution in [0.4, 0.5) is 0 Å². The van der Waals surface area contributed by atoms with Crippen LogP contribution >= 0.6 is 0 Å². The fourth-order valence-corrected chi connectivity index (χ4v) is 5.42. The van der Waals surface area contributed by atoms with Crippen molar-refractivity contribution in [2.24, 2.45) is 0 Å². The van der Waals surface area contributed by atoms with E-state index < -0.39 is 15.4 Å². The van der Waals surface area contributed by atoms with Gasteiger partial charge in [-0.25, -0.2) is 13.4 Å². The van der Waals surface area contributed by atoms with Crippen molar-refractivity contribution in [2.45, 2.75) is 44.6 Å². The Labute approximate surface area is 139 Å². The monoisotopic (exact) mass is 349 g/mol. The van der Waals surface area contributed by atoms with E-state index in [1.807, 2.05) is 0 Å². The van der Waals surface area contributed by atoms with Crippen LogP contribution in [0, 0.1) is 6.92 Å². The van der Waals surface area contributed by atoms with Crippen molar-refractivity contribution >= 4 is 26.8 Å². The summed E-state index contributed by atoms with van der Waals surface area (Å²) in [6.07, 6.45) is 2.54. The van der Waals surface area contributed by atoms with Crippen LogP contribution in [0.3, 0.4) is 0 Å². The molecule has 1 aliphatic heterocycles. The Hall–Kier alpha value is -1.96. The molecule has 0 aromatic carbocycles. The normalized spacial score (nSPS) is 25.9. The zero-order chi connectivity index (χ0) is 17.1. The van der Waals surface area contributed by atoms with Gasteiger partial charge in [-0.1, -0.05) is 5.16 Å². The number of sulfone groups is 1. The van der Waals surface area contributed by atoms with E-state index in [0.29, 0.717) is 34.7 Å². The molecule has 128 valence electrons. The topological polar surface area (TPSA) is 102 Å². The highest BCUT2D eigenvalue weighted by Gasteiger charge is 2.40. The van der Waals surface area contributed by atoms with Crippen molar-refractivity contribution in [3.8, 4) is 0 Å². The average molecular weight is 349 g/mol. The van der Waals surface area contributed by atoms with Crippen molar-refractivity contribution in [2.75, 3.05) is 11.5 Å². The lowest BCUT2D eigenvalue weighted by Crippen LogP contribution is -2.47. The number of amides is 1. The molecule has 1 amide bonds. The Morgan fingerprint density at radius 2 is 2.17 bits per heavy atom. The van der Waals surface area contributed by atoms with Gasteiger partial charge in [-0.2, -0.15) is 0 Å². The first-order chi connectivity index (χ1) is 11.3. The summed E-state index contributed by atoms with van der Waals surface area (Å²) in [4.78, 5) is 17.3. The van der Waals surface area contributed by atoms with Crippen molar-refractivity contribution in [3.63, 3.8) is 0 Å². The number of carbonyl (C=O) groups excluding carboxylic acids is 1. The van der Waals surface area contributed by atoms with Crippen LogP contribution in [0.25, 0.3) is 11.1 Å². The molecule has 24 heavy (non-hydrogen) atoms. The molecule has 0 unspecified atom stereocenters. The van der Waals surface area contributed by atoms with Gasteiger partial charge in [0.1, 0.15) is 0 Å². The fraction of sp³-hybridized carbons (Fsp3) is 0.562. The van der Waals surface area contributed by atoms with Crippen LogP contribution in [0.5, 0.6) is 0 Å². The number of hydrogen-bond donors (Lipinski definition) is 1. The van der Waals surface area contributed by atoms with Crippen LogP contribution < -0.4 is 5.32 Å². The number of aryl methyl sites for hydroxylation is 1. The van der Waals surface area contributed by atoms with Gasteiger partial charge in [-0.15, -0.1) is 0 Å². The molecule has 0 bridgehead atoms. The molecule has 2 aliphatic rings. The number of aromatic nitrogens is 2. The SMILES string of the molecule is Cc1noc2nc(C3CC3)cc(C(=O)N[C@]3(C)CCS(=O)(=O)C3)c12. The molecular weight excluding hydrogens is 330 g/mol. The van der Waals surface area contributed by atoms with E-state index in [2.05, 4.69) is 15.5 Å². The minimum atomic E-state index is -3.09. The van der Waals surface area contributed by atoms with E-state index in [0.717, 1.165) is 18.5 Å². The van der Waals surface area contributed by atoms with Crippen molar-refractivity contribution in [3.05, 3.63) is 23.0 Å². The zero-order valence-electron chi connectivity index (χ0n) is 13.6. The minimum absolute atomic E-state index is 0.0297. The highest BCUT2D eigenvalue weighted by molar-refractivity contribution is 7.91. The number of rotatable bonds is 3. The highest BCUT2D eigenvalue weighted by atomic mass is 32.2. The van der Waals surface area contributed by atoms with Gasteiger partial charge in [0.15, 0.2) is 9.84 Å². The maximum Gasteiger partial charge on any atom is 0.259 e. The fourth-order valence-electron chi connectivity index (χ4n) is 3.33. The maximum atomic E-state index is 12.9. The molecule has 1 N–H and O–H groups in total. The summed E-state index contributed by atoms with van der Waals surface area (Å²) >= 11 is 0. The third kappa shape index (κ3) is 2.68. The second-order valence-corrected chi connectivity index (χ2v) is 9.36. The second-order valence-electron chi connectivity index (χ2n) is 7.17. The summed E-state index contributed by atoms with van der Waals surface area (Å²) in [6, 6.07) is 1.80. The third-order valence-corrected chi connectivity index (χ3v) is 6.70. The largest absolute Gasteiger partial charge is 0.346 e. The number of fused-ring (bicyclic) bond motifs is 1. The Morgan fingerprint density at radius 1 is 1.42 bits per heavy atom. The minimum Gasteiger partial charge on any atom is -0.346 e. The summed E-state index contributed by atoms with van der Waals surface area (Å²) < 4.78 is 28.8. The van der Waals surface area contributed by atoms with Crippen molar-refractivity contribution < 1.29 is 17.7 Å². The average Bonchev–Trinajstić information content (AvgIpc) is 3.23. The van der Waals surface area contributed by atoms with Gasteiger partial charge >= 0.3 is 0 Å². The number of pyridine rings is 1. The van der Waals surface area contributed by atoms with Crippen LogP contribution in [0.1, 0.15) is 53.8 Å². The number of nitrogens with zero attached hydrogens (tertiary/aromatic N) is 2. The van der Waals surface area contributed by atoms with Crippen LogP contribution in [-0.2, 0) is 9.84 Å². The molecular formula is C16H19N3O4S. The molecule has 4 rings (SSSR count). The summed E-state index contributed by atoms with van der Waals surface area (Å²) in [7, 11) is -3.09. The molecule has 1 saturated carbocycles. The van der Waals surface area contributed by atoms with E-state index in [1.165, 1.54) is 0 Å². The van der Waals surface area contributed by atoms with Crippen molar-refractivity contribution in [1.82, 2.24) is 15.5 Å². The van der Waals surface area contributed by atoms with Gasteiger partial charge in [-0.3, -0.25) is 4.79 Å². The summed E-state index contributed by atoms with van der Waals surface area (Å²) in [6.45, 7) is 3.54. The summed E-state index contributed by atoms with van der Waals surface area (Å²) in [5, 5.41) is 7.42. The van der Waals surface area contributed by atoms with Gasteiger partial charge in [0.25, 0.3) is 11.6 Å². The first kappa shape index (κ1) is 15.6. The highest BCUT2D eigenvalue weighted by Crippen LogP contribution is 2.40. The van der Waals surface area contributed by atoms with Gasteiger partial charge in [0.2, 0.25) is 0 Å². The molecule has 2 aromatic heterocycles. The molecule has 1 saturated heterocycles. The standard InChI is InChI=1S/C16H19N3O4S/c1-9-13-11(7-12(10-3-4-10)17-15(13)23-19-9)14(20)18-16(2)5-6-24(21,22)8-16/h7,10H,3-6,8H2,1-2H3,(H,18,20)/t16-/m1/s1. The van der Waals surface area contributed by atoms with Gasteiger partial charge in [0, 0.05) is 11.6 Å². The number of nitrogens with one attached hydrogen (secondary N) is 1. The second kappa shape index (κ2) is 5.02. The van der Waals surface area contributed by atoms with Crippen molar-refractivity contribution in [1.29, 1.82) is 0 Å². The molecule has 2 aromatic rings. The maximum absolute atomic E-state index is 12.9. The van der Waals surface area contributed by atoms with E-state index in [1.54, 1.807) is 19.9 Å². The van der Waals surface area contributed by atoms with E-state index >= 15 is 0 Å². The summed E-state index contributed by atoms with van der Waals surface area (Å²) in [5.74, 6) is 0.150. The Bertz CT molecular complexity index is 946. The van der Waals surface area contributed by atoms with E-state index in [-0.39, 0.29) is 17.4 Å². The zero-order valence-corrected chi connectivity index (χ0v) is 14.4. The Morgan fingerprint density at radius 3 is 2.79 bits per heavy atom. The quantitative estimate of drug-likeness (QED) is 0.905. The van der Waals surface area contributed by atoms with Gasteiger partial charge in [-0.05, 0) is 39.2 Å². The summed E-state index contributed by atoms with van der Waals surface area (Å²) in [5.41, 5.74) is 1.54. The lowest BCUT2D eigenvalue weighted by molar-refractivity contribution is 0.0917. The van der Waals surface area contributed by atoms with Crippen LogP contribution in [0.15, 0.2) is 10.6 Å². The first-order valence-electron chi connectivity index (χ1n) is 8.06. The van der Waals surface area contributed by atoms with Crippen LogP contribution in [-0.4, -0.2) is 41.5 Å². The third-order valence-electron chi connectivity index (χ3n) is 4.80. The first-order valence-corrected chi connectivity index (χ1v) is 9.88. The predicted octanol–water partition coefficient (Wildman–Crippen LogP) is 1.72. The number of hydrogen-bond acceptors (Lipinski definition) is 6. The molecule has 7 nitrogen and oxygen atoms in total.